The average molecular weight is 391 g/mol. The van der Waals surface area contributed by atoms with E-state index in [1.54, 1.807) is 24.3 Å². The summed E-state index contributed by atoms with van der Waals surface area (Å²) in [6, 6.07) is 14.5. The molecule has 0 spiro atoms. The van der Waals surface area contributed by atoms with Crippen LogP contribution in [-0.4, -0.2) is 25.0 Å². The van der Waals surface area contributed by atoms with Gasteiger partial charge in [-0.05, 0) is 48.9 Å². The molecule has 5 nitrogen and oxygen atoms in total. The van der Waals surface area contributed by atoms with Crippen LogP contribution in [0, 0.1) is 0 Å². The minimum absolute atomic E-state index is 0.0247. The molecule has 0 fully saturated rings. The van der Waals surface area contributed by atoms with Crippen LogP contribution in [0.3, 0.4) is 0 Å². The zero-order valence-corrected chi connectivity index (χ0v) is 14.9. The Kier molecular flexibility index (Phi) is 6.81. The zero-order chi connectivity index (χ0) is 17.4. The first-order valence-corrected chi connectivity index (χ1v) is 8.40. The van der Waals surface area contributed by atoms with Gasteiger partial charge in [-0.2, -0.15) is 0 Å². The number of carbonyl (C=O) groups excluding carboxylic acids is 2. The van der Waals surface area contributed by atoms with Crippen LogP contribution >= 0.6 is 15.9 Å². The van der Waals surface area contributed by atoms with Gasteiger partial charge in [-0.1, -0.05) is 28.1 Å². The predicted octanol–water partition coefficient (Wildman–Crippen LogP) is 3.15. The largest absolute Gasteiger partial charge is 0.484 e. The van der Waals surface area contributed by atoms with Gasteiger partial charge in [0.05, 0.1) is 6.42 Å². The number of halogens is 1. The van der Waals surface area contributed by atoms with Crippen LogP contribution in [0.25, 0.3) is 0 Å². The van der Waals surface area contributed by atoms with Gasteiger partial charge in [0.2, 0.25) is 5.91 Å². The van der Waals surface area contributed by atoms with Gasteiger partial charge in [0.1, 0.15) is 5.75 Å². The van der Waals surface area contributed by atoms with Gasteiger partial charge < -0.3 is 15.4 Å². The van der Waals surface area contributed by atoms with Crippen LogP contribution < -0.4 is 15.4 Å². The van der Waals surface area contributed by atoms with Crippen LogP contribution in [0.1, 0.15) is 12.5 Å². The van der Waals surface area contributed by atoms with Crippen LogP contribution in [-0.2, 0) is 16.0 Å². The summed E-state index contributed by atoms with van der Waals surface area (Å²) in [4.78, 5) is 23.4. The number of carbonyl (C=O) groups is 2. The second kappa shape index (κ2) is 9.08. The fraction of sp³-hybridized carbons (Fsp3) is 0.222. The molecule has 0 saturated carbocycles. The van der Waals surface area contributed by atoms with Crippen molar-refractivity contribution in [2.24, 2.45) is 0 Å². The van der Waals surface area contributed by atoms with E-state index >= 15 is 0 Å². The number of anilines is 1. The highest BCUT2D eigenvalue weighted by Crippen LogP contribution is 2.16. The Morgan fingerprint density at radius 3 is 2.29 bits per heavy atom. The number of benzene rings is 2. The van der Waals surface area contributed by atoms with Gasteiger partial charge in [0.15, 0.2) is 6.61 Å². The first-order valence-electron chi connectivity index (χ1n) is 7.60. The van der Waals surface area contributed by atoms with Crippen molar-refractivity contribution in [3.05, 3.63) is 58.6 Å². The van der Waals surface area contributed by atoms with Crippen molar-refractivity contribution >= 4 is 33.4 Å². The Balaban J connectivity index is 1.83. The molecule has 0 aliphatic rings. The van der Waals surface area contributed by atoms with Gasteiger partial charge in [-0.15, -0.1) is 0 Å². The van der Waals surface area contributed by atoms with E-state index in [9.17, 15) is 9.59 Å². The van der Waals surface area contributed by atoms with E-state index in [1.165, 1.54) is 0 Å². The summed E-state index contributed by atoms with van der Waals surface area (Å²) in [7, 11) is 0. The van der Waals surface area contributed by atoms with E-state index in [0.29, 0.717) is 24.4 Å². The first kappa shape index (κ1) is 18.0. The SMILES string of the molecule is CCNC(=O)COc1ccc(NC(=O)Cc2ccc(Br)cc2)cc1. The Morgan fingerprint density at radius 2 is 1.67 bits per heavy atom. The lowest BCUT2D eigenvalue weighted by atomic mass is 10.1. The molecule has 6 heteroatoms. The molecule has 2 aromatic rings. The van der Waals surface area contributed by atoms with Crippen LogP contribution in [0.4, 0.5) is 5.69 Å². The molecule has 0 aliphatic carbocycles. The third kappa shape index (κ3) is 6.04. The summed E-state index contributed by atoms with van der Waals surface area (Å²) in [5, 5.41) is 5.49. The summed E-state index contributed by atoms with van der Waals surface area (Å²) in [6.07, 6.45) is 0.308. The summed E-state index contributed by atoms with van der Waals surface area (Å²) < 4.78 is 6.34. The number of hydrogen-bond acceptors (Lipinski definition) is 3. The number of hydrogen-bond donors (Lipinski definition) is 2. The van der Waals surface area contributed by atoms with Gasteiger partial charge in [0, 0.05) is 16.7 Å². The molecular weight excluding hydrogens is 372 g/mol. The molecule has 2 rings (SSSR count). The van der Waals surface area contributed by atoms with E-state index in [0.717, 1.165) is 10.0 Å². The van der Waals surface area contributed by atoms with E-state index < -0.39 is 0 Å². The van der Waals surface area contributed by atoms with E-state index in [4.69, 9.17) is 4.74 Å². The summed E-state index contributed by atoms with van der Waals surface area (Å²) >= 11 is 3.36. The van der Waals surface area contributed by atoms with Gasteiger partial charge in [-0.25, -0.2) is 0 Å². The standard InChI is InChI=1S/C18H19BrN2O3/c1-2-20-18(23)12-24-16-9-7-15(8-10-16)21-17(22)11-13-3-5-14(19)6-4-13/h3-10H,2,11-12H2,1H3,(H,20,23)(H,21,22). The lowest BCUT2D eigenvalue weighted by Crippen LogP contribution is -2.28. The second-order valence-electron chi connectivity index (χ2n) is 5.12. The molecule has 0 radical (unpaired) electrons. The maximum absolute atomic E-state index is 12.0. The Bertz CT molecular complexity index is 684. The van der Waals surface area contributed by atoms with Gasteiger partial charge >= 0.3 is 0 Å². The predicted molar refractivity (Wildman–Crippen MR) is 97.1 cm³/mol. The zero-order valence-electron chi connectivity index (χ0n) is 13.3. The Morgan fingerprint density at radius 1 is 1.00 bits per heavy atom. The van der Waals surface area contributed by atoms with Gasteiger partial charge in [0.25, 0.3) is 5.91 Å². The van der Waals surface area contributed by atoms with E-state index in [-0.39, 0.29) is 18.4 Å². The molecule has 126 valence electrons. The minimum atomic E-state index is -0.163. The highest BCUT2D eigenvalue weighted by Gasteiger charge is 2.05. The number of ether oxygens (including phenoxy) is 1. The Labute approximate surface area is 149 Å². The smallest absolute Gasteiger partial charge is 0.257 e. The topological polar surface area (TPSA) is 67.4 Å². The van der Waals surface area contributed by atoms with Crippen LogP contribution in [0.2, 0.25) is 0 Å². The molecule has 2 amide bonds. The lowest BCUT2D eigenvalue weighted by Gasteiger charge is -2.08. The van der Waals surface area contributed by atoms with Crippen molar-refractivity contribution in [3.8, 4) is 5.75 Å². The van der Waals surface area contributed by atoms with Crippen molar-refractivity contribution in [1.82, 2.24) is 5.32 Å². The van der Waals surface area contributed by atoms with Crippen LogP contribution in [0.5, 0.6) is 5.75 Å². The number of nitrogens with one attached hydrogen (secondary N) is 2. The van der Waals surface area contributed by atoms with Crippen molar-refractivity contribution in [2.45, 2.75) is 13.3 Å². The summed E-state index contributed by atoms with van der Waals surface area (Å²) in [6.45, 7) is 2.40. The lowest BCUT2D eigenvalue weighted by molar-refractivity contribution is -0.123. The van der Waals surface area contributed by atoms with Crippen molar-refractivity contribution < 1.29 is 14.3 Å². The summed E-state index contributed by atoms with van der Waals surface area (Å²) in [5.41, 5.74) is 1.63. The Hall–Kier alpha value is -2.34. The minimum Gasteiger partial charge on any atom is -0.484 e. The van der Waals surface area contributed by atoms with Crippen LogP contribution in [0.15, 0.2) is 53.0 Å². The molecular formula is C18H19BrN2O3. The molecule has 0 aliphatic heterocycles. The quantitative estimate of drug-likeness (QED) is 0.762. The number of amides is 2. The molecule has 0 unspecified atom stereocenters. The van der Waals surface area contributed by atoms with Crippen molar-refractivity contribution in [3.63, 3.8) is 0 Å². The molecule has 2 aromatic carbocycles. The van der Waals surface area contributed by atoms with E-state index in [2.05, 4.69) is 26.6 Å². The monoisotopic (exact) mass is 390 g/mol. The van der Waals surface area contributed by atoms with E-state index in [1.807, 2.05) is 31.2 Å². The first-order chi connectivity index (χ1) is 11.6. The second-order valence-corrected chi connectivity index (χ2v) is 6.03. The third-order valence-electron chi connectivity index (χ3n) is 3.16. The normalized spacial score (nSPS) is 10.1. The maximum atomic E-state index is 12.0. The maximum Gasteiger partial charge on any atom is 0.257 e. The molecule has 0 saturated heterocycles. The number of rotatable bonds is 7. The molecule has 0 atom stereocenters. The fourth-order valence-electron chi connectivity index (χ4n) is 2.02. The average Bonchev–Trinajstić information content (AvgIpc) is 2.56. The molecule has 0 aromatic heterocycles. The molecule has 24 heavy (non-hydrogen) atoms. The third-order valence-corrected chi connectivity index (χ3v) is 3.69. The number of likely N-dealkylation sites (N-methyl/N-ethyl adjacent to an activating group) is 1. The van der Waals surface area contributed by atoms with Gasteiger partial charge in [-0.3, -0.25) is 9.59 Å². The molecule has 0 heterocycles. The molecule has 0 bridgehead atoms. The fourth-order valence-corrected chi connectivity index (χ4v) is 2.29. The summed E-state index contributed by atoms with van der Waals surface area (Å²) in [5.74, 6) is 0.324. The highest BCUT2D eigenvalue weighted by molar-refractivity contribution is 9.10. The molecule has 2 N–H and O–H groups in total. The van der Waals surface area contributed by atoms with Crippen molar-refractivity contribution in [1.29, 1.82) is 0 Å². The highest BCUT2D eigenvalue weighted by atomic mass is 79.9. The van der Waals surface area contributed by atoms with Crippen molar-refractivity contribution in [2.75, 3.05) is 18.5 Å².